The first-order valence-electron chi connectivity index (χ1n) is 6.81. The number of nitrogens with one attached hydrogen (secondary N) is 1. The average molecular weight is 359 g/mol. The number of methoxy groups -OCH3 is 1. The fourth-order valence-electron chi connectivity index (χ4n) is 1.78. The topological polar surface area (TPSA) is 50.8 Å². The predicted molar refractivity (Wildman–Crippen MR) is 86.5 cm³/mol. The van der Waals surface area contributed by atoms with Crippen molar-refractivity contribution in [2.45, 2.75) is 19.6 Å². The third-order valence-electron chi connectivity index (χ3n) is 2.92. The van der Waals surface area contributed by atoms with Crippen molar-refractivity contribution in [2.24, 2.45) is 0 Å². The molecule has 1 aromatic carbocycles. The molecule has 21 heavy (non-hydrogen) atoms. The molecule has 118 valence electrons. The second kappa shape index (κ2) is 9.02. The van der Waals surface area contributed by atoms with Gasteiger partial charge in [-0.3, -0.25) is 4.79 Å². The van der Waals surface area contributed by atoms with Crippen LogP contribution in [0.4, 0.5) is 0 Å². The lowest BCUT2D eigenvalue weighted by Crippen LogP contribution is -2.35. The quantitative estimate of drug-likeness (QED) is 0.722. The number of nitrogens with zero attached hydrogens (tertiary/aromatic N) is 1. The molecule has 1 aromatic rings. The molecule has 0 heterocycles. The van der Waals surface area contributed by atoms with Crippen LogP contribution in [0.5, 0.6) is 5.75 Å². The predicted octanol–water partition coefficient (Wildman–Crippen LogP) is 2.04. The summed E-state index contributed by atoms with van der Waals surface area (Å²) in [6.07, 6.45) is -0.504. The molecule has 0 aliphatic rings. The van der Waals surface area contributed by atoms with E-state index in [1.165, 1.54) is 4.90 Å². The summed E-state index contributed by atoms with van der Waals surface area (Å²) in [5.74, 6) is 0.627. The highest BCUT2D eigenvalue weighted by Gasteiger charge is 2.16. The molecule has 1 N–H and O–H groups in total. The minimum absolute atomic E-state index is 0.0577. The highest BCUT2D eigenvalue weighted by Crippen LogP contribution is 2.23. The van der Waals surface area contributed by atoms with Gasteiger partial charge in [0, 0.05) is 38.8 Å². The van der Waals surface area contributed by atoms with E-state index in [9.17, 15) is 4.79 Å². The van der Waals surface area contributed by atoms with Gasteiger partial charge in [0.1, 0.15) is 5.75 Å². The molecule has 0 bridgehead atoms. The van der Waals surface area contributed by atoms with Crippen LogP contribution < -0.4 is 10.1 Å². The van der Waals surface area contributed by atoms with Crippen molar-refractivity contribution in [3.8, 4) is 5.75 Å². The van der Waals surface area contributed by atoms with Gasteiger partial charge < -0.3 is 19.7 Å². The Kier molecular flexibility index (Phi) is 7.71. The molecule has 1 unspecified atom stereocenters. The van der Waals surface area contributed by atoms with Gasteiger partial charge in [0.25, 0.3) is 5.91 Å². The number of likely N-dealkylation sites (N-methyl/N-ethyl adjacent to an activating group) is 1. The molecule has 0 saturated carbocycles. The second-order valence-electron chi connectivity index (χ2n) is 4.92. The van der Waals surface area contributed by atoms with E-state index in [0.29, 0.717) is 18.9 Å². The molecule has 0 saturated heterocycles. The lowest BCUT2D eigenvalue weighted by Gasteiger charge is -2.19. The molecule has 0 fully saturated rings. The summed E-state index contributed by atoms with van der Waals surface area (Å²) in [5.41, 5.74) is 1.08. The van der Waals surface area contributed by atoms with Crippen LogP contribution >= 0.6 is 15.9 Å². The van der Waals surface area contributed by atoms with Crippen LogP contribution in [0.2, 0.25) is 0 Å². The Labute approximate surface area is 134 Å². The van der Waals surface area contributed by atoms with E-state index < -0.39 is 6.10 Å². The molecule has 0 spiro atoms. The van der Waals surface area contributed by atoms with Crippen molar-refractivity contribution < 1.29 is 14.3 Å². The lowest BCUT2D eigenvalue weighted by molar-refractivity contribution is -0.135. The zero-order chi connectivity index (χ0) is 15.8. The summed E-state index contributed by atoms with van der Waals surface area (Å²) in [5, 5.41) is 3.28. The fraction of sp³-hybridized carbons (Fsp3) is 0.533. The number of carbonyl (C=O) groups is 1. The number of carbonyl (C=O) groups excluding carboxylic acids is 1. The second-order valence-corrected chi connectivity index (χ2v) is 5.77. The Morgan fingerprint density at radius 2 is 2.14 bits per heavy atom. The normalized spacial score (nSPS) is 12.0. The third-order valence-corrected chi connectivity index (χ3v) is 3.69. The molecular weight excluding hydrogens is 336 g/mol. The van der Waals surface area contributed by atoms with E-state index in [2.05, 4.69) is 21.2 Å². The van der Waals surface area contributed by atoms with Gasteiger partial charge in [0.05, 0.1) is 6.61 Å². The van der Waals surface area contributed by atoms with Gasteiger partial charge in [0.15, 0.2) is 6.10 Å². The third kappa shape index (κ3) is 6.03. The average Bonchev–Trinajstić information content (AvgIpc) is 2.45. The molecule has 0 aromatic heterocycles. The van der Waals surface area contributed by atoms with Crippen molar-refractivity contribution in [2.75, 3.05) is 34.4 Å². The number of ether oxygens (including phenoxy) is 2. The highest BCUT2D eigenvalue weighted by molar-refractivity contribution is 9.10. The highest BCUT2D eigenvalue weighted by atomic mass is 79.9. The van der Waals surface area contributed by atoms with Gasteiger partial charge in [-0.05, 0) is 30.7 Å². The number of hydrogen-bond acceptors (Lipinski definition) is 4. The largest absolute Gasteiger partial charge is 0.481 e. The van der Waals surface area contributed by atoms with Crippen LogP contribution in [0.15, 0.2) is 22.7 Å². The first-order valence-corrected chi connectivity index (χ1v) is 7.61. The molecule has 0 aliphatic heterocycles. The summed E-state index contributed by atoms with van der Waals surface area (Å²) in [6.45, 7) is 3.91. The minimum atomic E-state index is -0.504. The van der Waals surface area contributed by atoms with Crippen molar-refractivity contribution in [1.29, 1.82) is 0 Å². The summed E-state index contributed by atoms with van der Waals surface area (Å²) < 4.78 is 11.7. The van der Waals surface area contributed by atoms with E-state index in [4.69, 9.17) is 9.47 Å². The van der Waals surface area contributed by atoms with Crippen LogP contribution in [0.25, 0.3) is 0 Å². The van der Waals surface area contributed by atoms with Crippen LogP contribution in [0.1, 0.15) is 12.5 Å². The van der Waals surface area contributed by atoms with Gasteiger partial charge in [-0.15, -0.1) is 0 Å². The van der Waals surface area contributed by atoms with Gasteiger partial charge in [-0.1, -0.05) is 15.9 Å². The molecule has 0 aliphatic carbocycles. The molecular formula is C15H23BrN2O3. The van der Waals surface area contributed by atoms with E-state index in [-0.39, 0.29) is 5.91 Å². The molecule has 0 radical (unpaired) electrons. The van der Waals surface area contributed by atoms with E-state index in [0.717, 1.165) is 16.6 Å². The molecule has 1 atom stereocenters. The first kappa shape index (κ1) is 17.9. The van der Waals surface area contributed by atoms with E-state index >= 15 is 0 Å². The van der Waals surface area contributed by atoms with Gasteiger partial charge >= 0.3 is 0 Å². The fourth-order valence-corrected chi connectivity index (χ4v) is 2.16. The smallest absolute Gasteiger partial charge is 0.262 e. The Bertz CT molecular complexity index is 466. The van der Waals surface area contributed by atoms with Gasteiger partial charge in [0.2, 0.25) is 0 Å². The summed E-state index contributed by atoms with van der Waals surface area (Å²) in [6, 6.07) is 5.71. The van der Waals surface area contributed by atoms with Gasteiger partial charge in [-0.25, -0.2) is 0 Å². The summed E-state index contributed by atoms with van der Waals surface area (Å²) >= 11 is 3.52. The number of benzene rings is 1. The SMILES string of the molecule is COCCNCc1cc(OC(C)C(=O)N(C)C)ccc1Br. The molecule has 1 amide bonds. The van der Waals surface area contributed by atoms with Crippen LogP contribution in [-0.4, -0.2) is 51.3 Å². The van der Waals surface area contributed by atoms with Crippen LogP contribution in [0.3, 0.4) is 0 Å². The Morgan fingerprint density at radius 1 is 1.43 bits per heavy atom. The Hall–Kier alpha value is -1.11. The maximum Gasteiger partial charge on any atom is 0.262 e. The monoisotopic (exact) mass is 358 g/mol. The maximum absolute atomic E-state index is 11.8. The minimum Gasteiger partial charge on any atom is -0.481 e. The van der Waals surface area contributed by atoms with Crippen LogP contribution in [0, 0.1) is 0 Å². The number of hydrogen-bond donors (Lipinski definition) is 1. The van der Waals surface area contributed by atoms with Crippen molar-refractivity contribution >= 4 is 21.8 Å². The molecule has 6 heteroatoms. The zero-order valence-corrected chi connectivity index (χ0v) is 14.6. The van der Waals surface area contributed by atoms with Gasteiger partial charge in [-0.2, -0.15) is 0 Å². The van der Waals surface area contributed by atoms with Crippen molar-refractivity contribution in [3.63, 3.8) is 0 Å². The lowest BCUT2D eigenvalue weighted by atomic mass is 10.2. The number of amides is 1. The summed E-state index contributed by atoms with van der Waals surface area (Å²) in [7, 11) is 5.11. The first-order chi connectivity index (χ1) is 9.95. The maximum atomic E-state index is 11.8. The van der Waals surface area contributed by atoms with Crippen LogP contribution in [-0.2, 0) is 16.1 Å². The summed E-state index contributed by atoms with van der Waals surface area (Å²) in [4.78, 5) is 13.3. The number of rotatable bonds is 8. The Balaban J connectivity index is 2.65. The molecule has 5 nitrogen and oxygen atoms in total. The van der Waals surface area contributed by atoms with E-state index in [1.54, 1.807) is 28.1 Å². The standard InChI is InChI=1S/C15H23BrN2O3/c1-11(15(19)18(2)3)21-13-5-6-14(16)12(9-13)10-17-7-8-20-4/h5-6,9,11,17H,7-8,10H2,1-4H3. The Morgan fingerprint density at radius 3 is 2.76 bits per heavy atom. The van der Waals surface area contributed by atoms with E-state index in [1.807, 2.05) is 18.2 Å². The number of halogens is 1. The molecule has 1 rings (SSSR count). The van der Waals surface area contributed by atoms with Crippen molar-refractivity contribution in [1.82, 2.24) is 10.2 Å². The zero-order valence-electron chi connectivity index (χ0n) is 13.0. The van der Waals surface area contributed by atoms with Crippen molar-refractivity contribution in [3.05, 3.63) is 28.2 Å².